The van der Waals surface area contributed by atoms with Gasteiger partial charge in [-0.05, 0) is 30.9 Å². The number of pyridine rings is 1. The standard InChI is InChI=1S/C15H23NOS/c1-2-12-7-8-13(16-10-12)9-14(17)11-18-15-5-3-4-6-15/h7-8,10,14-15,17H,2-6,9,11H2,1H3. The van der Waals surface area contributed by atoms with E-state index in [9.17, 15) is 5.11 Å². The minimum Gasteiger partial charge on any atom is -0.392 e. The first kappa shape index (κ1) is 13.9. The van der Waals surface area contributed by atoms with Crippen LogP contribution in [0.5, 0.6) is 0 Å². The SMILES string of the molecule is CCc1ccc(CC(O)CSC2CCCC2)nc1. The molecule has 0 saturated heterocycles. The Kier molecular flexibility index (Phi) is 5.51. The van der Waals surface area contributed by atoms with Crippen molar-refractivity contribution in [3.8, 4) is 0 Å². The second kappa shape index (κ2) is 7.15. The first-order chi connectivity index (χ1) is 8.78. The zero-order valence-electron chi connectivity index (χ0n) is 11.1. The molecule has 0 bridgehead atoms. The van der Waals surface area contributed by atoms with Crippen LogP contribution in [-0.4, -0.2) is 27.2 Å². The molecular weight excluding hydrogens is 242 g/mol. The van der Waals surface area contributed by atoms with Crippen LogP contribution in [0.1, 0.15) is 43.9 Å². The lowest BCUT2D eigenvalue weighted by atomic mass is 10.1. The average molecular weight is 265 g/mol. The molecule has 1 aliphatic rings. The van der Waals surface area contributed by atoms with Crippen LogP contribution < -0.4 is 0 Å². The van der Waals surface area contributed by atoms with E-state index in [1.54, 1.807) is 0 Å². The highest BCUT2D eigenvalue weighted by atomic mass is 32.2. The molecule has 1 N–H and O–H groups in total. The number of rotatable bonds is 6. The van der Waals surface area contributed by atoms with Gasteiger partial charge in [-0.25, -0.2) is 0 Å². The predicted molar refractivity (Wildman–Crippen MR) is 78.0 cm³/mol. The summed E-state index contributed by atoms with van der Waals surface area (Å²) in [6.45, 7) is 2.13. The Morgan fingerprint density at radius 2 is 2.17 bits per heavy atom. The fourth-order valence-electron chi connectivity index (χ4n) is 2.39. The number of hydrogen-bond donors (Lipinski definition) is 1. The third-order valence-electron chi connectivity index (χ3n) is 3.57. The number of aryl methyl sites for hydroxylation is 1. The first-order valence-electron chi connectivity index (χ1n) is 7.01. The lowest BCUT2D eigenvalue weighted by Crippen LogP contribution is -2.16. The van der Waals surface area contributed by atoms with Crippen LogP contribution in [0.15, 0.2) is 18.3 Å². The van der Waals surface area contributed by atoms with Gasteiger partial charge in [-0.15, -0.1) is 0 Å². The maximum absolute atomic E-state index is 10.0. The van der Waals surface area contributed by atoms with Crippen LogP contribution >= 0.6 is 11.8 Å². The summed E-state index contributed by atoms with van der Waals surface area (Å²) in [5, 5.41) is 10.8. The van der Waals surface area contributed by atoms with E-state index in [2.05, 4.69) is 18.0 Å². The molecule has 100 valence electrons. The van der Waals surface area contributed by atoms with E-state index in [4.69, 9.17) is 0 Å². The van der Waals surface area contributed by atoms with Gasteiger partial charge in [0.05, 0.1) is 6.10 Å². The zero-order valence-corrected chi connectivity index (χ0v) is 12.0. The third-order valence-corrected chi connectivity index (χ3v) is 5.09. The summed E-state index contributed by atoms with van der Waals surface area (Å²) in [6, 6.07) is 4.15. The van der Waals surface area contributed by atoms with Gasteiger partial charge < -0.3 is 5.11 Å². The van der Waals surface area contributed by atoms with E-state index in [-0.39, 0.29) is 6.10 Å². The fraction of sp³-hybridized carbons (Fsp3) is 0.667. The summed E-state index contributed by atoms with van der Waals surface area (Å²) in [7, 11) is 0. The summed E-state index contributed by atoms with van der Waals surface area (Å²) in [5.41, 5.74) is 2.26. The smallest absolute Gasteiger partial charge is 0.0686 e. The number of aliphatic hydroxyl groups is 1. The van der Waals surface area contributed by atoms with Gasteiger partial charge in [-0.3, -0.25) is 4.98 Å². The monoisotopic (exact) mass is 265 g/mol. The Morgan fingerprint density at radius 1 is 1.39 bits per heavy atom. The zero-order chi connectivity index (χ0) is 12.8. The van der Waals surface area contributed by atoms with Crippen LogP contribution in [0.3, 0.4) is 0 Å². The number of aliphatic hydroxyl groups excluding tert-OH is 1. The Bertz CT molecular complexity index is 346. The number of nitrogens with zero attached hydrogens (tertiary/aromatic N) is 1. The molecule has 1 unspecified atom stereocenters. The third kappa shape index (κ3) is 4.29. The Hall–Kier alpha value is -0.540. The van der Waals surface area contributed by atoms with Crippen molar-refractivity contribution in [2.75, 3.05) is 5.75 Å². The second-order valence-electron chi connectivity index (χ2n) is 5.11. The van der Waals surface area contributed by atoms with Gasteiger partial charge in [-0.1, -0.05) is 25.8 Å². The Balaban J connectivity index is 1.73. The van der Waals surface area contributed by atoms with Gasteiger partial charge in [0.1, 0.15) is 0 Å². The molecule has 18 heavy (non-hydrogen) atoms. The lowest BCUT2D eigenvalue weighted by molar-refractivity contribution is 0.198. The van der Waals surface area contributed by atoms with Gasteiger partial charge in [0.2, 0.25) is 0 Å². The molecule has 1 atom stereocenters. The van der Waals surface area contributed by atoms with Crippen molar-refractivity contribution >= 4 is 11.8 Å². The van der Waals surface area contributed by atoms with E-state index in [0.717, 1.165) is 23.1 Å². The van der Waals surface area contributed by atoms with Gasteiger partial charge >= 0.3 is 0 Å². The van der Waals surface area contributed by atoms with Crippen molar-refractivity contribution in [3.05, 3.63) is 29.6 Å². The van der Waals surface area contributed by atoms with Crippen molar-refractivity contribution in [1.29, 1.82) is 0 Å². The fourth-order valence-corrected chi connectivity index (χ4v) is 3.67. The molecule has 1 fully saturated rings. The first-order valence-corrected chi connectivity index (χ1v) is 8.06. The van der Waals surface area contributed by atoms with E-state index in [1.165, 1.54) is 31.2 Å². The second-order valence-corrected chi connectivity index (χ2v) is 6.44. The number of hydrogen-bond acceptors (Lipinski definition) is 3. The normalized spacial score (nSPS) is 18.1. The van der Waals surface area contributed by atoms with E-state index < -0.39 is 0 Å². The van der Waals surface area contributed by atoms with Crippen molar-refractivity contribution < 1.29 is 5.11 Å². The van der Waals surface area contributed by atoms with Crippen LogP contribution in [0.2, 0.25) is 0 Å². The summed E-state index contributed by atoms with van der Waals surface area (Å²) >= 11 is 1.94. The van der Waals surface area contributed by atoms with Gasteiger partial charge in [0, 0.05) is 29.3 Å². The molecule has 1 aromatic heterocycles. The highest BCUT2D eigenvalue weighted by Crippen LogP contribution is 2.29. The van der Waals surface area contributed by atoms with Gasteiger partial charge in [-0.2, -0.15) is 11.8 Å². The molecule has 1 aliphatic carbocycles. The maximum atomic E-state index is 10.0. The topological polar surface area (TPSA) is 33.1 Å². The summed E-state index contributed by atoms with van der Waals surface area (Å²) in [6.07, 6.45) is 8.78. The van der Waals surface area contributed by atoms with Crippen molar-refractivity contribution in [3.63, 3.8) is 0 Å². The predicted octanol–water partition coefficient (Wildman–Crippen LogP) is 3.22. The van der Waals surface area contributed by atoms with Crippen LogP contribution in [0, 0.1) is 0 Å². The van der Waals surface area contributed by atoms with E-state index in [0.29, 0.717) is 6.42 Å². The van der Waals surface area contributed by atoms with Crippen molar-refractivity contribution in [1.82, 2.24) is 4.98 Å². The molecular formula is C15H23NOS. The molecule has 2 nitrogen and oxygen atoms in total. The van der Waals surface area contributed by atoms with Gasteiger partial charge in [0.15, 0.2) is 0 Å². The highest BCUT2D eigenvalue weighted by Gasteiger charge is 2.17. The van der Waals surface area contributed by atoms with Crippen LogP contribution in [-0.2, 0) is 12.8 Å². The molecule has 1 saturated carbocycles. The van der Waals surface area contributed by atoms with Crippen LogP contribution in [0.25, 0.3) is 0 Å². The largest absolute Gasteiger partial charge is 0.392 e. The molecule has 0 aromatic carbocycles. The summed E-state index contributed by atoms with van der Waals surface area (Å²) < 4.78 is 0. The van der Waals surface area contributed by atoms with Crippen molar-refractivity contribution in [2.45, 2.75) is 56.8 Å². The van der Waals surface area contributed by atoms with Crippen LogP contribution in [0.4, 0.5) is 0 Å². The Labute approximate surface area is 114 Å². The molecule has 2 rings (SSSR count). The quantitative estimate of drug-likeness (QED) is 0.857. The minimum absolute atomic E-state index is 0.254. The molecule has 1 aromatic rings. The van der Waals surface area contributed by atoms with Crippen molar-refractivity contribution in [2.24, 2.45) is 0 Å². The minimum atomic E-state index is -0.254. The molecule has 1 heterocycles. The van der Waals surface area contributed by atoms with Gasteiger partial charge in [0.25, 0.3) is 0 Å². The Morgan fingerprint density at radius 3 is 2.78 bits per heavy atom. The average Bonchev–Trinajstić information content (AvgIpc) is 2.90. The van der Waals surface area contributed by atoms with E-state index >= 15 is 0 Å². The maximum Gasteiger partial charge on any atom is 0.0686 e. The molecule has 0 spiro atoms. The van der Waals surface area contributed by atoms with E-state index in [1.807, 2.05) is 24.0 Å². The number of aromatic nitrogens is 1. The molecule has 0 radical (unpaired) electrons. The number of thioether (sulfide) groups is 1. The molecule has 0 aliphatic heterocycles. The lowest BCUT2D eigenvalue weighted by Gasteiger charge is -2.13. The summed E-state index contributed by atoms with van der Waals surface area (Å²) in [5.74, 6) is 0.849. The molecule has 3 heteroatoms. The summed E-state index contributed by atoms with van der Waals surface area (Å²) in [4.78, 5) is 4.40. The highest BCUT2D eigenvalue weighted by molar-refractivity contribution is 7.99. The molecule has 0 amide bonds.